The summed E-state index contributed by atoms with van der Waals surface area (Å²) >= 11 is 0. The van der Waals surface area contributed by atoms with Gasteiger partial charge in [0.15, 0.2) is 0 Å². The highest BCUT2D eigenvalue weighted by atomic mass is 16.5. The lowest BCUT2D eigenvalue weighted by Gasteiger charge is -2.28. The molecule has 2 aromatic rings. The van der Waals surface area contributed by atoms with Gasteiger partial charge in [-0.3, -0.25) is 9.59 Å². The lowest BCUT2D eigenvalue weighted by molar-refractivity contribution is -0.140. The number of Topliss-reactive ketones (excluding diaryl/α,β-unsaturated/α-hetero) is 1. The second-order valence-corrected chi connectivity index (χ2v) is 9.96. The molecule has 1 heterocycles. The van der Waals surface area contributed by atoms with E-state index in [0.717, 1.165) is 18.7 Å². The van der Waals surface area contributed by atoms with Crippen molar-refractivity contribution in [3.8, 4) is 11.5 Å². The molecule has 0 aromatic heterocycles. The zero-order valence-electron chi connectivity index (χ0n) is 22.4. The number of nitrogens with zero attached hydrogens (tertiary/aromatic N) is 2. The zero-order valence-corrected chi connectivity index (χ0v) is 22.4. The molecular formula is C29H38N2O5. The molecule has 1 amide bonds. The molecule has 36 heavy (non-hydrogen) atoms. The van der Waals surface area contributed by atoms with Gasteiger partial charge in [-0.2, -0.15) is 0 Å². The van der Waals surface area contributed by atoms with Crippen molar-refractivity contribution in [3.63, 3.8) is 0 Å². The van der Waals surface area contributed by atoms with Crippen molar-refractivity contribution in [2.24, 2.45) is 0 Å². The maximum Gasteiger partial charge on any atom is 0.295 e. The van der Waals surface area contributed by atoms with Gasteiger partial charge in [-0.25, -0.2) is 0 Å². The first-order valence-corrected chi connectivity index (χ1v) is 12.4. The van der Waals surface area contributed by atoms with Gasteiger partial charge in [-0.05, 0) is 54.4 Å². The van der Waals surface area contributed by atoms with Gasteiger partial charge in [0, 0.05) is 24.2 Å². The third kappa shape index (κ3) is 5.41. The standard InChI is InChI=1S/C29H38N2O5/c1-8-30(9-2)15-16-31-25(19-11-10-12-21(17-19)35-6)24(27(33)28(31)34)26(32)20-13-14-23(36-7)22(18-20)29(3,4)5/h10-14,17-18,25,32H,8-9,15-16H2,1-7H3/b26-24-. The molecule has 1 N–H and O–H groups in total. The number of rotatable bonds is 9. The molecule has 0 bridgehead atoms. The van der Waals surface area contributed by atoms with Crippen LogP contribution < -0.4 is 9.47 Å². The Kier molecular flexibility index (Phi) is 8.46. The molecule has 2 aromatic carbocycles. The fourth-order valence-corrected chi connectivity index (χ4v) is 4.65. The Balaban J connectivity index is 2.19. The largest absolute Gasteiger partial charge is 0.507 e. The van der Waals surface area contributed by atoms with Gasteiger partial charge in [0.1, 0.15) is 17.3 Å². The van der Waals surface area contributed by atoms with Crippen molar-refractivity contribution < 1.29 is 24.2 Å². The van der Waals surface area contributed by atoms with Crippen molar-refractivity contribution in [1.82, 2.24) is 9.80 Å². The summed E-state index contributed by atoms with van der Waals surface area (Å²) in [6.45, 7) is 12.9. The number of aliphatic hydroxyl groups is 1. The Morgan fingerprint density at radius 1 is 1.03 bits per heavy atom. The Hall–Kier alpha value is -3.32. The minimum Gasteiger partial charge on any atom is -0.507 e. The number of likely N-dealkylation sites (tertiary alicyclic amines) is 1. The Bertz CT molecular complexity index is 1140. The predicted octanol–water partition coefficient (Wildman–Crippen LogP) is 4.76. The lowest BCUT2D eigenvalue weighted by atomic mass is 9.84. The number of ether oxygens (including phenoxy) is 2. The summed E-state index contributed by atoms with van der Waals surface area (Å²) in [4.78, 5) is 30.4. The Morgan fingerprint density at radius 2 is 1.72 bits per heavy atom. The van der Waals surface area contributed by atoms with E-state index in [1.807, 2.05) is 30.3 Å². The van der Waals surface area contributed by atoms with Crippen LogP contribution in [0.2, 0.25) is 0 Å². The Morgan fingerprint density at radius 3 is 2.31 bits per heavy atom. The molecule has 1 atom stereocenters. The number of carbonyl (C=O) groups excluding carboxylic acids is 2. The topological polar surface area (TPSA) is 79.3 Å². The van der Waals surface area contributed by atoms with Crippen LogP contribution in [0.1, 0.15) is 57.4 Å². The molecule has 1 aliphatic heterocycles. The first kappa shape index (κ1) is 27.3. The van der Waals surface area contributed by atoms with Crippen molar-refractivity contribution in [2.45, 2.75) is 46.1 Å². The van der Waals surface area contributed by atoms with Crippen molar-refractivity contribution in [2.75, 3.05) is 40.4 Å². The number of likely N-dealkylation sites (N-methyl/N-ethyl adjacent to an activating group) is 1. The first-order valence-electron chi connectivity index (χ1n) is 12.4. The number of hydrogen-bond donors (Lipinski definition) is 1. The molecule has 0 aliphatic carbocycles. The number of methoxy groups -OCH3 is 2. The van der Waals surface area contributed by atoms with E-state index in [0.29, 0.717) is 35.7 Å². The van der Waals surface area contributed by atoms with Crippen LogP contribution in [0.25, 0.3) is 5.76 Å². The average Bonchev–Trinajstić information content (AvgIpc) is 3.13. The fourth-order valence-electron chi connectivity index (χ4n) is 4.65. The number of ketones is 1. The lowest BCUT2D eigenvalue weighted by Crippen LogP contribution is -2.38. The van der Waals surface area contributed by atoms with Gasteiger partial charge in [0.2, 0.25) is 0 Å². The van der Waals surface area contributed by atoms with Crippen LogP contribution in [0.15, 0.2) is 48.0 Å². The summed E-state index contributed by atoms with van der Waals surface area (Å²) in [5, 5.41) is 11.5. The third-order valence-corrected chi connectivity index (χ3v) is 6.78. The minimum atomic E-state index is -0.726. The van der Waals surface area contributed by atoms with Crippen molar-refractivity contribution in [1.29, 1.82) is 0 Å². The quantitative estimate of drug-likeness (QED) is 0.308. The van der Waals surface area contributed by atoms with Crippen LogP contribution in [0.4, 0.5) is 0 Å². The number of carbonyl (C=O) groups is 2. The number of amides is 1. The summed E-state index contributed by atoms with van der Waals surface area (Å²) in [7, 11) is 3.18. The van der Waals surface area contributed by atoms with Gasteiger partial charge < -0.3 is 24.4 Å². The van der Waals surface area contributed by atoms with E-state index in [1.165, 1.54) is 0 Å². The van der Waals surface area contributed by atoms with Crippen molar-refractivity contribution in [3.05, 3.63) is 64.7 Å². The second kappa shape index (κ2) is 11.2. The van der Waals surface area contributed by atoms with Gasteiger partial charge >= 0.3 is 0 Å². The molecule has 1 unspecified atom stereocenters. The molecular weight excluding hydrogens is 456 g/mol. The normalized spacial score (nSPS) is 17.7. The molecule has 194 valence electrons. The van der Waals surface area contributed by atoms with E-state index in [9.17, 15) is 14.7 Å². The summed E-state index contributed by atoms with van der Waals surface area (Å²) in [5.74, 6) is -0.182. The summed E-state index contributed by atoms with van der Waals surface area (Å²) < 4.78 is 10.9. The molecule has 1 saturated heterocycles. The second-order valence-electron chi connectivity index (χ2n) is 9.96. The van der Waals surface area contributed by atoms with E-state index in [2.05, 4.69) is 39.5 Å². The molecule has 1 fully saturated rings. The maximum absolute atomic E-state index is 13.4. The van der Waals surface area contributed by atoms with Crippen LogP contribution in [-0.2, 0) is 15.0 Å². The van der Waals surface area contributed by atoms with Gasteiger partial charge in [0.05, 0.1) is 25.8 Å². The number of hydrogen-bond acceptors (Lipinski definition) is 6. The van der Waals surface area contributed by atoms with Crippen LogP contribution in [0.3, 0.4) is 0 Å². The monoisotopic (exact) mass is 494 g/mol. The van der Waals surface area contributed by atoms with Crippen molar-refractivity contribution >= 4 is 17.4 Å². The fraction of sp³-hybridized carbons (Fsp3) is 0.448. The molecule has 0 radical (unpaired) electrons. The molecule has 0 spiro atoms. The molecule has 7 nitrogen and oxygen atoms in total. The third-order valence-electron chi connectivity index (χ3n) is 6.78. The van der Waals surface area contributed by atoms with E-state index in [4.69, 9.17) is 9.47 Å². The van der Waals surface area contributed by atoms with Crippen LogP contribution in [-0.4, -0.2) is 67.0 Å². The highest BCUT2D eigenvalue weighted by molar-refractivity contribution is 6.46. The predicted molar refractivity (Wildman–Crippen MR) is 141 cm³/mol. The molecule has 0 saturated carbocycles. The summed E-state index contributed by atoms with van der Waals surface area (Å²) in [6.07, 6.45) is 0. The molecule has 7 heteroatoms. The number of aliphatic hydroxyl groups excluding tert-OH is 1. The Labute approximate surface area is 214 Å². The summed E-state index contributed by atoms with van der Waals surface area (Å²) in [5.41, 5.74) is 1.89. The first-order chi connectivity index (χ1) is 17.1. The molecule has 1 aliphatic rings. The van der Waals surface area contributed by atoms with Crippen LogP contribution in [0, 0.1) is 0 Å². The highest BCUT2D eigenvalue weighted by Gasteiger charge is 2.46. The van der Waals surface area contributed by atoms with E-state index in [1.54, 1.807) is 31.3 Å². The van der Waals surface area contributed by atoms with E-state index >= 15 is 0 Å². The van der Waals surface area contributed by atoms with Crippen LogP contribution in [0.5, 0.6) is 11.5 Å². The summed E-state index contributed by atoms with van der Waals surface area (Å²) in [6, 6.07) is 11.9. The van der Waals surface area contributed by atoms with Gasteiger partial charge in [0.25, 0.3) is 11.7 Å². The minimum absolute atomic E-state index is 0.0813. The number of benzene rings is 2. The smallest absolute Gasteiger partial charge is 0.295 e. The maximum atomic E-state index is 13.4. The van der Waals surface area contributed by atoms with Gasteiger partial charge in [-0.1, -0.05) is 46.8 Å². The van der Waals surface area contributed by atoms with Crippen LogP contribution >= 0.6 is 0 Å². The van der Waals surface area contributed by atoms with E-state index in [-0.39, 0.29) is 16.7 Å². The van der Waals surface area contributed by atoms with E-state index < -0.39 is 17.7 Å². The SMILES string of the molecule is CCN(CC)CCN1C(=O)C(=O)/C(=C(\O)c2ccc(OC)c(C(C)(C)C)c2)C1c1cccc(OC)c1. The molecule has 3 rings (SSSR count). The van der Waals surface area contributed by atoms with Gasteiger partial charge in [-0.15, -0.1) is 0 Å². The zero-order chi connectivity index (χ0) is 26.6. The average molecular weight is 495 g/mol. The highest BCUT2D eigenvalue weighted by Crippen LogP contribution is 2.41.